The van der Waals surface area contributed by atoms with Gasteiger partial charge in [-0.2, -0.15) is 4.31 Å². The predicted octanol–water partition coefficient (Wildman–Crippen LogP) is 8.49. The Morgan fingerprint density at radius 1 is 0.621 bits per heavy atom. The summed E-state index contributed by atoms with van der Waals surface area (Å²) in [6, 6.07) is 19.4. The van der Waals surface area contributed by atoms with Crippen LogP contribution in [0.4, 0.5) is 15.8 Å². The van der Waals surface area contributed by atoms with Gasteiger partial charge in [0.25, 0.3) is 5.91 Å². The highest BCUT2D eigenvalue weighted by Crippen LogP contribution is 2.37. The minimum Gasteiger partial charge on any atom is -0.475 e. The van der Waals surface area contributed by atoms with Crippen molar-refractivity contribution in [2.24, 2.45) is 0 Å². The summed E-state index contributed by atoms with van der Waals surface area (Å²) in [7, 11) is -3.79. The molecule has 13 nitrogen and oxygen atoms in total. The molecule has 0 bridgehead atoms. The molecule has 4 heterocycles. The Morgan fingerprint density at radius 2 is 1.10 bits per heavy atom. The van der Waals surface area contributed by atoms with Crippen molar-refractivity contribution in [3.63, 3.8) is 0 Å². The van der Waals surface area contributed by atoms with Gasteiger partial charge in [-0.3, -0.25) is 4.79 Å². The average Bonchev–Trinajstić information content (AvgIpc) is 3.85. The van der Waals surface area contributed by atoms with E-state index in [1.54, 1.807) is 47.4 Å². The topological polar surface area (TPSA) is 165 Å². The molecule has 2 saturated heterocycles. The largest absolute Gasteiger partial charge is 0.475 e. The summed E-state index contributed by atoms with van der Waals surface area (Å²) >= 11 is 25.0. The van der Waals surface area contributed by atoms with Gasteiger partial charge in [-0.25, -0.2) is 22.4 Å². The van der Waals surface area contributed by atoms with E-state index in [0.717, 1.165) is 11.8 Å². The first-order valence-electron chi connectivity index (χ1n) is 17.5. The molecule has 2 aromatic heterocycles. The van der Waals surface area contributed by atoms with Crippen molar-refractivity contribution in [1.29, 1.82) is 0 Å². The third-order valence-corrected chi connectivity index (χ3v) is 12.8. The van der Waals surface area contributed by atoms with Crippen molar-refractivity contribution in [2.75, 3.05) is 62.2 Å². The zero-order chi connectivity index (χ0) is 41.5. The van der Waals surface area contributed by atoms with Crippen LogP contribution in [0.1, 0.15) is 31.5 Å². The van der Waals surface area contributed by atoms with Crippen LogP contribution in [-0.4, -0.2) is 98.0 Å². The number of aromatic carboxylic acids is 2. The first-order chi connectivity index (χ1) is 27.6. The lowest BCUT2D eigenvalue weighted by Crippen LogP contribution is -2.48. The number of sulfonamides is 1. The maximum Gasteiger partial charge on any atom is 0.371 e. The number of furan rings is 2. The average molecular weight is 893 g/mol. The Morgan fingerprint density at radius 3 is 1.57 bits per heavy atom. The molecule has 0 unspecified atom stereocenters. The number of carboxylic acid groups (broad SMARTS) is 2. The lowest BCUT2D eigenvalue weighted by molar-refractivity contribution is 0.0655. The highest BCUT2D eigenvalue weighted by atomic mass is 35.5. The molecule has 2 aliphatic heterocycles. The van der Waals surface area contributed by atoms with E-state index >= 15 is 0 Å². The monoisotopic (exact) mass is 890 g/mol. The second-order valence-electron chi connectivity index (χ2n) is 13.2. The van der Waals surface area contributed by atoms with Crippen molar-refractivity contribution >= 4 is 108 Å². The summed E-state index contributed by atoms with van der Waals surface area (Å²) in [6.07, 6.45) is 0. The molecule has 302 valence electrons. The summed E-state index contributed by atoms with van der Waals surface area (Å²) in [5.41, 5.74) is 2.68. The van der Waals surface area contributed by atoms with Crippen molar-refractivity contribution in [3.8, 4) is 0 Å². The van der Waals surface area contributed by atoms with E-state index in [-0.39, 0.29) is 35.4 Å². The van der Waals surface area contributed by atoms with Gasteiger partial charge in [0.2, 0.25) is 21.5 Å². The Bertz CT molecular complexity index is 2670. The molecule has 19 heteroatoms. The van der Waals surface area contributed by atoms with Gasteiger partial charge in [-0.15, -0.1) is 0 Å². The molecule has 0 spiro atoms. The lowest BCUT2D eigenvalue weighted by Gasteiger charge is -2.36. The minimum absolute atomic E-state index is 0.0787. The molecular weight excluding hydrogens is 861 g/mol. The number of carboxylic acids is 2. The van der Waals surface area contributed by atoms with Gasteiger partial charge < -0.3 is 33.7 Å². The van der Waals surface area contributed by atoms with E-state index < -0.39 is 27.8 Å². The van der Waals surface area contributed by atoms with E-state index in [4.69, 9.17) is 65.5 Å². The lowest BCUT2D eigenvalue weighted by atomic mass is 10.1. The number of anilines is 2. The zero-order valence-corrected chi connectivity index (χ0v) is 33.8. The second kappa shape index (κ2) is 16.7. The molecule has 2 aliphatic rings. The van der Waals surface area contributed by atoms with Crippen LogP contribution in [0.5, 0.6) is 0 Å². The number of hydrogen-bond acceptors (Lipinski definition) is 9. The highest BCUT2D eigenvalue weighted by molar-refractivity contribution is 7.89. The summed E-state index contributed by atoms with van der Waals surface area (Å²) in [4.78, 5) is 40.6. The first-order valence-corrected chi connectivity index (χ1v) is 20.5. The molecule has 0 aliphatic carbocycles. The van der Waals surface area contributed by atoms with Crippen LogP contribution in [-0.2, 0) is 10.0 Å². The van der Waals surface area contributed by atoms with Crippen LogP contribution in [0, 0.1) is 5.82 Å². The number of nitrogens with zero attached hydrogens (tertiary/aromatic N) is 4. The van der Waals surface area contributed by atoms with Gasteiger partial charge in [0, 0.05) is 90.9 Å². The molecule has 0 atom stereocenters. The quantitative estimate of drug-likeness (QED) is 0.158. The molecular formula is C39H31Cl4FN4O9S. The molecule has 0 saturated carbocycles. The van der Waals surface area contributed by atoms with E-state index in [1.165, 1.54) is 34.6 Å². The highest BCUT2D eigenvalue weighted by Gasteiger charge is 2.30. The van der Waals surface area contributed by atoms with E-state index in [0.29, 0.717) is 92.5 Å². The fourth-order valence-corrected chi connectivity index (χ4v) is 9.43. The first kappa shape index (κ1) is 41.1. The fraction of sp³-hybridized carbons (Fsp3) is 0.205. The molecule has 0 radical (unpaired) electrons. The molecule has 2 N–H and O–H groups in total. The number of carbonyl (C=O) groups is 3. The molecule has 6 aromatic rings. The Labute approximate surface area is 350 Å². The molecule has 58 heavy (non-hydrogen) atoms. The fourth-order valence-electron chi connectivity index (χ4n) is 6.79. The van der Waals surface area contributed by atoms with Crippen LogP contribution in [0.2, 0.25) is 20.1 Å². The normalized spacial score (nSPS) is 15.1. The van der Waals surface area contributed by atoms with Gasteiger partial charge in [0.05, 0.1) is 26.3 Å². The van der Waals surface area contributed by atoms with Crippen molar-refractivity contribution < 1.29 is 46.2 Å². The van der Waals surface area contributed by atoms with E-state index in [2.05, 4.69) is 4.90 Å². The van der Waals surface area contributed by atoms with Crippen LogP contribution in [0.15, 0.2) is 92.6 Å². The van der Waals surface area contributed by atoms with Gasteiger partial charge in [-0.1, -0.05) is 52.5 Å². The summed E-state index contributed by atoms with van der Waals surface area (Å²) in [6.45, 7) is 3.33. The molecule has 8 rings (SSSR count). The van der Waals surface area contributed by atoms with E-state index in [9.17, 15) is 27.2 Å². The molecule has 4 aromatic carbocycles. The van der Waals surface area contributed by atoms with Crippen LogP contribution < -0.4 is 9.80 Å². The maximum absolute atomic E-state index is 13.4. The number of carbonyl (C=O) groups excluding carboxylic acids is 1. The Hall–Kier alpha value is -5.03. The van der Waals surface area contributed by atoms with Gasteiger partial charge in [-0.05, 0) is 60.7 Å². The van der Waals surface area contributed by atoms with Gasteiger partial charge in [0.1, 0.15) is 17.0 Å². The van der Waals surface area contributed by atoms with Crippen LogP contribution in [0.3, 0.4) is 0 Å². The Balaban J connectivity index is 0.000000177. The molecule has 1 amide bonds. The number of benzene rings is 4. The van der Waals surface area contributed by atoms with Crippen LogP contribution in [0.25, 0.3) is 21.9 Å². The summed E-state index contributed by atoms with van der Waals surface area (Å²) < 4.78 is 50.8. The van der Waals surface area contributed by atoms with Crippen LogP contribution >= 0.6 is 46.4 Å². The maximum atomic E-state index is 13.4. The number of rotatable bonds is 7. The third-order valence-electron chi connectivity index (χ3n) is 9.68. The van der Waals surface area contributed by atoms with E-state index in [1.807, 2.05) is 4.90 Å². The number of amides is 1. The predicted molar refractivity (Wildman–Crippen MR) is 218 cm³/mol. The third kappa shape index (κ3) is 8.42. The molecule has 2 fully saturated rings. The van der Waals surface area contributed by atoms with Crippen molar-refractivity contribution in [2.45, 2.75) is 4.90 Å². The number of hydrogen-bond donors (Lipinski definition) is 2. The van der Waals surface area contributed by atoms with Gasteiger partial charge in [0.15, 0.2) is 0 Å². The number of piperazine rings is 2. The standard InChI is InChI=1S/C20H15Cl3N2O4.C19H16ClFN2O5S/c21-12-7-11(8-13(22)9-12)19(26)25-5-3-24(4-6-25)15-1-2-16-14(18(15)23)10-17(29-16)20(27)28;20-18-14-11-17(19(24)25)28-16(14)5-4-15(18)22-6-8-23(9-7-22)29(26,27)13-3-1-2-12(21)10-13/h1-2,7-10H,3-6H2,(H,27,28);1-5,10-11H,6-9H2,(H,24,25). The zero-order valence-electron chi connectivity index (χ0n) is 30.0. The summed E-state index contributed by atoms with van der Waals surface area (Å²) in [5.74, 6) is -3.43. The van der Waals surface area contributed by atoms with Crippen molar-refractivity contribution in [3.05, 3.63) is 122 Å². The Kier molecular flexibility index (Phi) is 11.8. The summed E-state index contributed by atoms with van der Waals surface area (Å²) in [5, 5.41) is 20.8. The SMILES string of the molecule is O=C(O)c1cc2c(Cl)c(N3CCN(C(=O)c4cc(Cl)cc(Cl)c4)CC3)ccc2o1.O=C(O)c1cc2c(Cl)c(N3CCN(S(=O)(=O)c4cccc(F)c4)CC3)ccc2o1. The van der Waals surface area contributed by atoms with Crippen molar-refractivity contribution in [1.82, 2.24) is 9.21 Å². The number of fused-ring (bicyclic) bond motifs is 2. The smallest absolute Gasteiger partial charge is 0.371 e. The second-order valence-corrected chi connectivity index (χ2v) is 16.8. The van der Waals surface area contributed by atoms with Gasteiger partial charge >= 0.3 is 11.9 Å². The minimum atomic E-state index is -3.79. The number of halogens is 5.